The van der Waals surface area contributed by atoms with E-state index in [-0.39, 0.29) is 17.1 Å². The third-order valence-corrected chi connectivity index (χ3v) is 3.59. The largest absolute Gasteiger partial charge is 0.394 e. The number of nitrogens with zero attached hydrogens (tertiary/aromatic N) is 3. The molecular formula is C11H14FN5O5. The minimum absolute atomic E-state index is 0.0314. The van der Waals surface area contributed by atoms with Crippen molar-refractivity contribution in [2.24, 2.45) is 0 Å². The summed E-state index contributed by atoms with van der Waals surface area (Å²) in [5.74, 6) is -2.83. The summed E-state index contributed by atoms with van der Waals surface area (Å²) in [6.45, 7) is -0.616. The molecule has 0 saturated carbocycles. The van der Waals surface area contributed by atoms with E-state index in [0.717, 1.165) is 18.0 Å². The zero-order valence-electron chi connectivity index (χ0n) is 11.4. The molecule has 1 saturated heterocycles. The Bertz CT molecular complexity index is 763. The number of alkyl halides is 1. The molecule has 0 spiro atoms. The van der Waals surface area contributed by atoms with Gasteiger partial charge in [-0.3, -0.25) is 14.3 Å². The number of fused-ring (bicyclic) bond motifs is 1. The van der Waals surface area contributed by atoms with Gasteiger partial charge in [0.15, 0.2) is 17.4 Å². The van der Waals surface area contributed by atoms with Crippen LogP contribution in [0.2, 0.25) is 0 Å². The van der Waals surface area contributed by atoms with Crippen molar-refractivity contribution in [3.05, 3.63) is 16.7 Å². The quantitative estimate of drug-likeness (QED) is 0.522. The molecule has 2 aromatic rings. The summed E-state index contributed by atoms with van der Waals surface area (Å²) in [6, 6.07) is 0. The number of hydrogen-bond donors (Lipinski definition) is 4. The number of ether oxygens (including phenoxy) is 2. The molecule has 0 radical (unpaired) electrons. The number of anilines is 1. The Balaban J connectivity index is 2.16. The smallest absolute Gasteiger partial charge is 0.283 e. The molecule has 120 valence electrons. The van der Waals surface area contributed by atoms with Gasteiger partial charge in [0, 0.05) is 7.11 Å². The van der Waals surface area contributed by atoms with Gasteiger partial charge in [-0.2, -0.15) is 4.98 Å². The number of imidazole rings is 1. The minimum atomic E-state index is -2.65. The second-order valence-corrected chi connectivity index (χ2v) is 4.83. The van der Waals surface area contributed by atoms with Crippen LogP contribution in [0.25, 0.3) is 11.2 Å². The maximum absolute atomic E-state index is 14.9. The van der Waals surface area contributed by atoms with Crippen LogP contribution in [-0.2, 0) is 9.47 Å². The number of aliphatic hydroxyl groups is 2. The van der Waals surface area contributed by atoms with E-state index in [0.29, 0.717) is 0 Å². The number of hydrogen-bond acceptors (Lipinski definition) is 8. The fourth-order valence-electron chi connectivity index (χ4n) is 2.47. The topological polar surface area (TPSA) is 149 Å². The van der Waals surface area contributed by atoms with Crippen molar-refractivity contribution in [2.75, 3.05) is 19.5 Å². The molecule has 1 fully saturated rings. The third-order valence-electron chi connectivity index (χ3n) is 3.59. The zero-order chi connectivity index (χ0) is 16.1. The fraction of sp³-hybridized carbons (Fsp3) is 0.545. The summed E-state index contributed by atoms with van der Waals surface area (Å²) >= 11 is 0. The summed E-state index contributed by atoms with van der Waals surface area (Å²) in [5, 5.41) is 19.1. The van der Waals surface area contributed by atoms with E-state index in [2.05, 4.69) is 15.0 Å². The molecule has 3 rings (SSSR count). The van der Waals surface area contributed by atoms with Crippen molar-refractivity contribution >= 4 is 17.1 Å². The van der Waals surface area contributed by atoms with E-state index in [1.807, 2.05) is 0 Å². The first-order chi connectivity index (χ1) is 10.4. The maximum atomic E-state index is 14.9. The lowest BCUT2D eigenvalue weighted by molar-refractivity contribution is -0.214. The summed E-state index contributed by atoms with van der Waals surface area (Å²) in [4.78, 5) is 21.7. The van der Waals surface area contributed by atoms with Crippen LogP contribution in [0.3, 0.4) is 0 Å². The van der Waals surface area contributed by atoms with Crippen molar-refractivity contribution in [1.82, 2.24) is 19.5 Å². The lowest BCUT2D eigenvalue weighted by Gasteiger charge is -2.27. The molecule has 10 nitrogen and oxygen atoms in total. The van der Waals surface area contributed by atoms with Gasteiger partial charge in [0.25, 0.3) is 11.4 Å². The van der Waals surface area contributed by atoms with Crippen LogP contribution in [0, 0.1) is 0 Å². The highest BCUT2D eigenvalue weighted by Gasteiger charge is 2.59. The van der Waals surface area contributed by atoms with Crippen LogP contribution >= 0.6 is 0 Å². The van der Waals surface area contributed by atoms with E-state index in [4.69, 9.17) is 20.3 Å². The van der Waals surface area contributed by atoms with Crippen molar-refractivity contribution < 1.29 is 24.1 Å². The number of nitrogens with two attached hydrogens (primary N) is 1. The van der Waals surface area contributed by atoms with Gasteiger partial charge in [-0.05, 0) is 0 Å². The van der Waals surface area contributed by atoms with Crippen molar-refractivity contribution in [3.8, 4) is 0 Å². The number of aromatic amines is 1. The van der Waals surface area contributed by atoms with Gasteiger partial charge in [0.1, 0.15) is 12.2 Å². The number of H-pyrrole nitrogens is 1. The van der Waals surface area contributed by atoms with Gasteiger partial charge < -0.3 is 25.4 Å². The van der Waals surface area contributed by atoms with Crippen LogP contribution in [-0.4, -0.2) is 61.5 Å². The third kappa shape index (κ3) is 1.90. The zero-order valence-corrected chi connectivity index (χ0v) is 11.4. The Kier molecular flexibility index (Phi) is 3.36. The molecule has 5 N–H and O–H groups in total. The molecule has 0 unspecified atom stereocenters. The lowest BCUT2D eigenvalue weighted by atomic mass is 10.1. The number of rotatable bonds is 3. The SMILES string of the molecule is CO[C@]1(F)[C@H](O)[C@@H](CO)O[C@H]1n1cnc2c(=O)[nH]c(N)nc21. The number of aliphatic hydroxyl groups excluding tert-OH is 2. The summed E-state index contributed by atoms with van der Waals surface area (Å²) in [5.41, 5.74) is 4.77. The molecule has 3 heterocycles. The van der Waals surface area contributed by atoms with Gasteiger partial charge >= 0.3 is 0 Å². The van der Waals surface area contributed by atoms with E-state index < -0.39 is 36.5 Å². The summed E-state index contributed by atoms with van der Waals surface area (Å²) in [7, 11) is 1.05. The highest BCUT2D eigenvalue weighted by atomic mass is 19.2. The Labute approximate surface area is 122 Å². The Hall–Kier alpha value is -2.08. The standard InChI is InChI=1S/C11H14FN5O5/c1-21-11(12)6(19)4(2-18)22-9(11)17-3-14-5-7(17)15-10(13)16-8(5)20/h3-4,6,9,18-19H,2H2,1H3,(H3,13,15,16,20)/t4-,6-,9-,11-/m1/s1. The first-order valence-electron chi connectivity index (χ1n) is 6.33. The van der Waals surface area contributed by atoms with Gasteiger partial charge in [0.05, 0.1) is 12.9 Å². The summed E-state index contributed by atoms with van der Waals surface area (Å²) in [6.07, 6.45) is -3.31. The fourth-order valence-corrected chi connectivity index (χ4v) is 2.47. The molecule has 22 heavy (non-hydrogen) atoms. The molecule has 0 bridgehead atoms. The predicted molar refractivity (Wildman–Crippen MR) is 70.4 cm³/mol. The van der Waals surface area contributed by atoms with Crippen LogP contribution < -0.4 is 11.3 Å². The van der Waals surface area contributed by atoms with Crippen molar-refractivity contribution in [3.63, 3.8) is 0 Å². The molecule has 4 atom stereocenters. The number of aromatic nitrogens is 4. The first-order valence-corrected chi connectivity index (χ1v) is 6.33. The van der Waals surface area contributed by atoms with Gasteiger partial charge in [-0.15, -0.1) is 0 Å². The molecule has 2 aromatic heterocycles. The van der Waals surface area contributed by atoms with Crippen LogP contribution in [0.1, 0.15) is 6.23 Å². The van der Waals surface area contributed by atoms with Gasteiger partial charge in [-0.25, -0.2) is 9.37 Å². The van der Waals surface area contributed by atoms with Crippen molar-refractivity contribution in [1.29, 1.82) is 0 Å². The number of halogens is 1. The monoisotopic (exact) mass is 315 g/mol. The molecule has 1 aliphatic rings. The Morgan fingerprint density at radius 1 is 1.68 bits per heavy atom. The second kappa shape index (κ2) is 4.98. The molecule has 1 aliphatic heterocycles. The summed E-state index contributed by atoms with van der Waals surface area (Å²) < 4.78 is 26.0. The Morgan fingerprint density at radius 3 is 3.05 bits per heavy atom. The predicted octanol–water partition coefficient (Wildman–Crippen LogP) is -1.74. The molecule has 11 heteroatoms. The van der Waals surface area contributed by atoms with Crippen LogP contribution in [0.15, 0.2) is 11.1 Å². The molecule has 0 aliphatic carbocycles. The highest BCUT2D eigenvalue weighted by Crippen LogP contribution is 2.42. The van der Waals surface area contributed by atoms with E-state index in [1.54, 1.807) is 0 Å². The first kappa shape index (κ1) is 14.8. The second-order valence-electron chi connectivity index (χ2n) is 4.83. The van der Waals surface area contributed by atoms with E-state index >= 15 is 0 Å². The number of nitrogens with one attached hydrogen (secondary N) is 1. The minimum Gasteiger partial charge on any atom is -0.394 e. The van der Waals surface area contributed by atoms with Crippen molar-refractivity contribution in [2.45, 2.75) is 24.3 Å². The average Bonchev–Trinajstić information content (AvgIpc) is 3.00. The highest BCUT2D eigenvalue weighted by molar-refractivity contribution is 5.70. The Morgan fingerprint density at radius 2 is 2.41 bits per heavy atom. The van der Waals surface area contributed by atoms with E-state index in [1.165, 1.54) is 0 Å². The number of nitrogen functional groups attached to an aromatic ring is 1. The lowest BCUT2D eigenvalue weighted by Crippen LogP contribution is -2.44. The molecular weight excluding hydrogens is 301 g/mol. The van der Waals surface area contributed by atoms with Gasteiger partial charge in [-0.1, -0.05) is 0 Å². The number of methoxy groups -OCH3 is 1. The maximum Gasteiger partial charge on any atom is 0.283 e. The van der Waals surface area contributed by atoms with Crippen LogP contribution in [0.4, 0.5) is 10.3 Å². The normalized spacial score (nSPS) is 31.9. The molecule has 0 amide bonds. The van der Waals surface area contributed by atoms with Gasteiger partial charge in [0.2, 0.25) is 5.95 Å². The molecule has 0 aromatic carbocycles. The van der Waals surface area contributed by atoms with Crippen LogP contribution in [0.5, 0.6) is 0 Å². The van der Waals surface area contributed by atoms with E-state index in [9.17, 15) is 14.3 Å². The average molecular weight is 315 g/mol.